The zero-order chi connectivity index (χ0) is 18.0. The van der Waals surface area contributed by atoms with E-state index in [1.165, 1.54) is 18.2 Å². The van der Waals surface area contributed by atoms with Crippen molar-refractivity contribution < 1.29 is 18.1 Å². The Balaban J connectivity index is 2.25. The van der Waals surface area contributed by atoms with Crippen molar-refractivity contribution in [3.05, 3.63) is 28.3 Å². The number of ether oxygens (including phenoxy) is 1. The Kier molecular flexibility index (Phi) is 5.46. The first-order chi connectivity index (χ1) is 11.2. The molecule has 0 aliphatic carbocycles. The fraction of sp³-hybridized carbons (Fsp3) is 0.600. The molecule has 24 heavy (non-hydrogen) atoms. The first-order valence-corrected chi connectivity index (χ1v) is 9.52. The van der Waals surface area contributed by atoms with Gasteiger partial charge in [-0.25, -0.2) is 8.42 Å². The third-order valence-electron chi connectivity index (χ3n) is 4.55. The maximum absolute atomic E-state index is 11.8. The van der Waals surface area contributed by atoms with Gasteiger partial charge in [-0.15, -0.1) is 0 Å². The number of nitro benzene ring substituents is 1. The minimum Gasteiger partial charge on any atom is -0.383 e. The van der Waals surface area contributed by atoms with E-state index in [-0.39, 0.29) is 10.4 Å². The largest absolute Gasteiger partial charge is 0.383 e. The molecule has 0 atom stereocenters. The molecular weight excluding hydrogens is 334 g/mol. The normalized spacial score (nSPS) is 17.7. The fourth-order valence-corrected chi connectivity index (χ4v) is 3.74. The molecule has 0 spiro atoms. The van der Waals surface area contributed by atoms with Gasteiger partial charge in [0.05, 0.1) is 4.92 Å². The molecule has 0 bridgehead atoms. The topological polar surface area (TPSA) is 102 Å². The fourth-order valence-electron chi connectivity index (χ4n) is 2.87. The maximum Gasteiger partial charge on any atom is 0.288 e. The van der Waals surface area contributed by atoms with E-state index in [0.29, 0.717) is 25.4 Å². The molecule has 1 aromatic rings. The maximum atomic E-state index is 11.8. The van der Waals surface area contributed by atoms with Gasteiger partial charge in [0.25, 0.3) is 5.69 Å². The van der Waals surface area contributed by atoms with E-state index in [0.717, 1.165) is 19.1 Å². The number of nitro groups is 1. The molecule has 1 heterocycles. The van der Waals surface area contributed by atoms with Gasteiger partial charge in [0.2, 0.25) is 0 Å². The molecule has 0 unspecified atom stereocenters. The third-order valence-corrected chi connectivity index (χ3v) is 5.68. The summed E-state index contributed by atoms with van der Waals surface area (Å²) in [7, 11) is 0.322. The smallest absolute Gasteiger partial charge is 0.288 e. The van der Waals surface area contributed by atoms with Crippen molar-refractivity contribution in [2.24, 2.45) is 0 Å². The van der Waals surface area contributed by atoms with E-state index in [2.05, 4.69) is 10.2 Å². The number of nitrogens with zero attached hydrogens (tertiary/aromatic N) is 2. The minimum absolute atomic E-state index is 0.0920. The second-order valence-electron chi connectivity index (χ2n) is 6.30. The van der Waals surface area contributed by atoms with Crippen LogP contribution < -0.4 is 5.32 Å². The Labute approximate surface area is 141 Å². The molecule has 1 aliphatic rings. The van der Waals surface area contributed by atoms with Gasteiger partial charge in [-0.05, 0) is 39.1 Å². The van der Waals surface area contributed by atoms with Gasteiger partial charge in [0, 0.05) is 43.3 Å². The highest BCUT2D eigenvalue weighted by molar-refractivity contribution is 7.90. The Morgan fingerprint density at radius 3 is 2.46 bits per heavy atom. The van der Waals surface area contributed by atoms with E-state index in [1.54, 1.807) is 0 Å². The number of benzene rings is 1. The molecule has 0 aromatic heterocycles. The van der Waals surface area contributed by atoms with Crippen molar-refractivity contribution in [1.82, 2.24) is 4.90 Å². The van der Waals surface area contributed by atoms with Gasteiger partial charge in [-0.2, -0.15) is 0 Å². The zero-order valence-corrected chi connectivity index (χ0v) is 14.9. The average Bonchev–Trinajstić information content (AvgIpc) is 2.52. The number of nitrogens with one attached hydrogen (secondary N) is 1. The van der Waals surface area contributed by atoms with Gasteiger partial charge < -0.3 is 15.0 Å². The van der Waals surface area contributed by atoms with Crippen LogP contribution in [0.15, 0.2) is 23.1 Å². The lowest BCUT2D eigenvalue weighted by Gasteiger charge is -2.43. The monoisotopic (exact) mass is 357 g/mol. The molecule has 8 nitrogen and oxygen atoms in total. The van der Waals surface area contributed by atoms with Crippen LogP contribution in [0.1, 0.15) is 12.8 Å². The SMILES string of the molecule is CN(C)C1(CNc2ccc([N+](=O)[O-])c(S(C)(=O)=O)c2)CCOCC1. The predicted octanol–water partition coefficient (Wildman–Crippen LogP) is 1.52. The Hall–Kier alpha value is -1.71. The summed E-state index contributed by atoms with van der Waals surface area (Å²) in [4.78, 5) is 12.2. The van der Waals surface area contributed by atoms with Crippen LogP contribution >= 0.6 is 0 Å². The summed E-state index contributed by atoms with van der Waals surface area (Å²) in [5.41, 5.74) is 0.0517. The van der Waals surface area contributed by atoms with Gasteiger partial charge in [-0.3, -0.25) is 10.1 Å². The number of anilines is 1. The summed E-state index contributed by atoms with van der Waals surface area (Å²) in [5.74, 6) is 0. The molecule has 134 valence electrons. The second kappa shape index (κ2) is 7.04. The van der Waals surface area contributed by atoms with E-state index in [1.807, 2.05) is 14.1 Å². The molecule has 1 aliphatic heterocycles. The van der Waals surface area contributed by atoms with Crippen LogP contribution in [-0.2, 0) is 14.6 Å². The van der Waals surface area contributed by atoms with Crippen molar-refractivity contribution >= 4 is 21.2 Å². The van der Waals surface area contributed by atoms with Gasteiger partial charge >= 0.3 is 0 Å². The standard InChI is InChI=1S/C15H23N3O5S/c1-17(2)15(6-8-23-9-7-15)11-16-12-4-5-13(18(19)20)14(10-12)24(3,21)22/h4-5,10,16H,6-9,11H2,1-3H3. The number of sulfone groups is 1. The van der Waals surface area contributed by atoms with Crippen LogP contribution in [0.2, 0.25) is 0 Å². The summed E-state index contributed by atoms with van der Waals surface area (Å²) in [5, 5.41) is 14.3. The third kappa shape index (κ3) is 4.03. The quantitative estimate of drug-likeness (QED) is 0.608. The average molecular weight is 357 g/mol. The van der Waals surface area contributed by atoms with Crippen molar-refractivity contribution in [1.29, 1.82) is 0 Å². The highest BCUT2D eigenvalue weighted by Crippen LogP contribution is 2.29. The first-order valence-electron chi connectivity index (χ1n) is 7.63. The van der Waals surface area contributed by atoms with E-state index in [4.69, 9.17) is 4.74 Å². The van der Waals surface area contributed by atoms with E-state index in [9.17, 15) is 18.5 Å². The summed E-state index contributed by atoms with van der Waals surface area (Å²) < 4.78 is 29.1. The molecule has 2 rings (SSSR count). The first kappa shape index (κ1) is 18.6. The number of rotatable bonds is 6. The van der Waals surface area contributed by atoms with Crippen molar-refractivity contribution in [3.63, 3.8) is 0 Å². The van der Waals surface area contributed by atoms with Gasteiger partial charge in [-0.1, -0.05) is 0 Å². The summed E-state index contributed by atoms with van der Waals surface area (Å²) >= 11 is 0. The Bertz CT molecular complexity index is 712. The molecule has 0 amide bonds. The zero-order valence-electron chi connectivity index (χ0n) is 14.1. The van der Waals surface area contributed by atoms with Gasteiger partial charge in [0.15, 0.2) is 9.84 Å². The van der Waals surface area contributed by atoms with Crippen molar-refractivity contribution in [2.75, 3.05) is 45.4 Å². The van der Waals surface area contributed by atoms with Crippen LogP contribution in [0.4, 0.5) is 11.4 Å². The highest BCUT2D eigenvalue weighted by Gasteiger charge is 2.34. The second-order valence-corrected chi connectivity index (χ2v) is 8.28. The summed E-state index contributed by atoms with van der Waals surface area (Å²) in [6.07, 6.45) is 2.69. The van der Waals surface area contributed by atoms with Crippen LogP contribution in [0.3, 0.4) is 0 Å². The molecule has 1 saturated heterocycles. The molecule has 1 N–H and O–H groups in total. The molecule has 1 fully saturated rings. The molecule has 0 saturated carbocycles. The van der Waals surface area contributed by atoms with Crippen molar-refractivity contribution in [3.8, 4) is 0 Å². The number of hydrogen-bond acceptors (Lipinski definition) is 7. The molecule has 0 radical (unpaired) electrons. The van der Waals surface area contributed by atoms with Crippen LogP contribution in [0.5, 0.6) is 0 Å². The molecular formula is C15H23N3O5S. The predicted molar refractivity (Wildman–Crippen MR) is 91.2 cm³/mol. The lowest BCUT2D eigenvalue weighted by atomic mass is 9.88. The number of likely N-dealkylation sites (N-methyl/N-ethyl adjacent to an activating group) is 1. The Morgan fingerprint density at radius 1 is 1.33 bits per heavy atom. The minimum atomic E-state index is -3.69. The summed E-state index contributed by atoms with van der Waals surface area (Å²) in [6.45, 7) is 1.95. The Morgan fingerprint density at radius 2 is 1.96 bits per heavy atom. The molecule has 1 aromatic carbocycles. The van der Waals surface area contributed by atoms with Crippen LogP contribution in [0, 0.1) is 10.1 Å². The number of hydrogen-bond donors (Lipinski definition) is 1. The van der Waals surface area contributed by atoms with Crippen LogP contribution in [-0.4, -0.2) is 63.9 Å². The van der Waals surface area contributed by atoms with Crippen molar-refractivity contribution in [2.45, 2.75) is 23.3 Å². The van der Waals surface area contributed by atoms with E-state index < -0.39 is 20.4 Å². The lowest BCUT2D eigenvalue weighted by molar-refractivity contribution is -0.387. The highest BCUT2D eigenvalue weighted by atomic mass is 32.2. The van der Waals surface area contributed by atoms with E-state index >= 15 is 0 Å². The molecule has 9 heteroatoms. The summed E-state index contributed by atoms with van der Waals surface area (Å²) in [6, 6.07) is 4.09. The van der Waals surface area contributed by atoms with Crippen LogP contribution in [0.25, 0.3) is 0 Å². The van der Waals surface area contributed by atoms with Gasteiger partial charge in [0.1, 0.15) is 4.90 Å². The lowest BCUT2D eigenvalue weighted by Crippen LogP contribution is -2.53.